The SMILES string of the molecule is CC[C@@]12C[C@H](O)[C@](O)(c3cc(F)cc(Cl)c3)C[C@H]1CCc1cc(O)ccc12. The maximum absolute atomic E-state index is 13.9. The summed E-state index contributed by atoms with van der Waals surface area (Å²) in [6, 6.07) is 9.46. The van der Waals surface area contributed by atoms with Crippen LogP contribution in [0.4, 0.5) is 4.39 Å². The van der Waals surface area contributed by atoms with Crippen LogP contribution in [0.1, 0.15) is 49.3 Å². The zero-order chi connectivity index (χ0) is 19.4. The van der Waals surface area contributed by atoms with E-state index in [1.54, 1.807) is 12.1 Å². The van der Waals surface area contributed by atoms with E-state index < -0.39 is 17.5 Å². The summed E-state index contributed by atoms with van der Waals surface area (Å²) in [4.78, 5) is 0. The molecular formula is C22H24ClFO3. The number of aliphatic hydroxyl groups is 2. The van der Waals surface area contributed by atoms with Crippen LogP contribution in [0.15, 0.2) is 36.4 Å². The molecule has 0 heterocycles. The molecule has 4 rings (SSSR count). The van der Waals surface area contributed by atoms with Gasteiger partial charge in [-0.2, -0.15) is 0 Å². The Hall–Kier alpha value is -1.62. The first-order chi connectivity index (χ1) is 12.8. The second kappa shape index (κ2) is 6.47. The number of phenolic OH excluding ortho intramolecular Hbond substituents is 1. The fraction of sp³-hybridized carbons (Fsp3) is 0.455. The summed E-state index contributed by atoms with van der Waals surface area (Å²) in [7, 11) is 0. The van der Waals surface area contributed by atoms with Gasteiger partial charge in [0.15, 0.2) is 0 Å². The summed E-state index contributed by atoms with van der Waals surface area (Å²) in [5.74, 6) is -0.120. The van der Waals surface area contributed by atoms with Crippen LogP contribution in [0.5, 0.6) is 5.75 Å². The second-order valence-corrected chi connectivity index (χ2v) is 8.53. The number of aromatic hydroxyl groups is 1. The molecular weight excluding hydrogens is 367 g/mol. The van der Waals surface area contributed by atoms with Gasteiger partial charge in [-0.3, -0.25) is 0 Å². The highest BCUT2D eigenvalue weighted by molar-refractivity contribution is 6.30. The average molecular weight is 391 g/mol. The molecule has 0 aliphatic heterocycles. The third-order valence-electron chi connectivity index (χ3n) is 6.83. The maximum atomic E-state index is 13.9. The van der Waals surface area contributed by atoms with Crippen molar-refractivity contribution in [3.63, 3.8) is 0 Å². The molecule has 3 nitrogen and oxygen atoms in total. The first kappa shape index (κ1) is 18.7. The van der Waals surface area contributed by atoms with Crippen molar-refractivity contribution >= 4 is 11.6 Å². The first-order valence-corrected chi connectivity index (χ1v) is 9.85. The molecule has 27 heavy (non-hydrogen) atoms. The van der Waals surface area contributed by atoms with Gasteiger partial charge in [-0.05, 0) is 85.0 Å². The third-order valence-corrected chi connectivity index (χ3v) is 7.05. The molecule has 0 bridgehead atoms. The van der Waals surface area contributed by atoms with Gasteiger partial charge in [0.2, 0.25) is 0 Å². The van der Waals surface area contributed by atoms with Crippen LogP contribution in [0.3, 0.4) is 0 Å². The molecule has 0 saturated heterocycles. The lowest BCUT2D eigenvalue weighted by molar-refractivity contribution is -0.146. The summed E-state index contributed by atoms with van der Waals surface area (Å²) in [6.07, 6.45) is 2.19. The molecule has 2 aliphatic carbocycles. The van der Waals surface area contributed by atoms with Gasteiger partial charge in [-0.1, -0.05) is 24.6 Å². The number of hydrogen-bond acceptors (Lipinski definition) is 3. The van der Waals surface area contributed by atoms with Crippen LogP contribution in [0.25, 0.3) is 0 Å². The van der Waals surface area contributed by atoms with Crippen LogP contribution < -0.4 is 0 Å². The fourth-order valence-electron chi connectivity index (χ4n) is 5.44. The second-order valence-electron chi connectivity index (χ2n) is 8.09. The van der Waals surface area contributed by atoms with E-state index in [4.69, 9.17) is 11.6 Å². The van der Waals surface area contributed by atoms with E-state index in [9.17, 15) is 19.7 Å². The molecule has 144 valence electrons. The normalized spacial score (nSPS) is 32.6. The predicted octanol–water partition coefficient (Wildman–Crippen LogP) is 4.44. The van der Waals surface area contributed by atoms with Crippen molar-refractivity contribution < 1.29 is 19.7 Å². The van der Waals surface area contributed by atoms with Crippen LogP contribution in [0.2, 0.25) is 5.02 Å². The van der Waals surface area contributed by atoms with E-state index in [-0.39, 0.29) is 22.1 Å². The Morgan fingerprint density at radius 3 is 2.67 bits per heavy atom. The Labute approximate surface area is 163 Å². The van der Waals surface area contributed by atoms with Gasteiger partial charge in [0.05, 0.1) is 6.10 Å². The monoisotopic (exact) mass is 390 g/mol. The van der Waals surface area contributed by atoms with Crippen molar-refractivity contribution in [3.05, 3.63) is 63.9 Å². The number of fused-ring (bicyclic) bond motifs is 3. The molecule has 1 saturated carbocycles. The summed E-state index contributed by atoms with van der Waals surface area (Å²) >= 11 is 6.00. The Morgan fingerprint density at radius 2 is 1.96 bits per heavy atom. The van der Waals surface area contributed by atoms with Gasteiger partial charge < -0.3 is 15.3 Å². The molecule has 4 atom stereocenters. The van der Waals surface area contributed by atoms with E-state index >= 15 is 0 Å². The lowest BCUT2D eigenvalue weighted by atomic mass is 9.52. The molecule has 0 radical (unpaired) electrons. The van der Waals surface area contributed by atoms with Crippen molar-refractivity contribution in [2.45, 2.75) is 56.1 Å². The molecule has 2 aromatic carbocycles. The van der Waals surface area contributed by atoms with Gasteiger partial charge in [0, 0.05) is 10.4 Å². The highest BCUT2D eigenvalue weighted by Gasteiger charge is 2.55. The maximum Gasteiger partial charge on any atom is 0.125 e. The molecule has 2 aromatic rings. The van der Waals surface area contributed by atoms with Crippen LogP contribution in [0, 0.1) is 11.7 Å². The third kappa shape index (κ3) is 2.86. The standard InChI is InChI=1S/C22H24ClFO3/c1-2-21-12-20(26)22(27,15-8-16(23)10-17(24)9-15)11-14(21)4-3-13-7-18(25)5-6-19(13)21/h5-10,14,20,25-27H,2-4,11-12H2,1H3/t14-,20+,21-,22-/m1/s1. The zero-order valence-corrected chi connectivity index (χ0v) is 16.0. The topological polar surface area (TPSA) is 60.7 Å². The van der Waals surface area contributed by atoms with E-state index in [1.165, 1.54) is 12.1 Å². The van der Waals surface area contributed by atoms with Gasteiger partial charge >= 0.3 is 0 Å². The van der Waals surface area contributed by atoms with Crippen LogP contribution >= 0.6 is 11.6 Å². The largest absolute Gasteiger partial charge is 0.508 e. The lowest BCUT2D eigenvalue weighted by Gasteiger charge is -2.55. The minimum absolute atomic E-state index is 0.148. The van der Waals surface area contributed by atoms with E-state index in [0.29, 0.717) is 18.4 Å². The Bertz CT molecular complexity index is 866. The minimum atomic E-state index is -1.52. The van der Waals surface area contributed by atoms with Crippen molar-refractivity contribution in [2.24, 2.45) is 5.92 Å². The van der Waals surface area contributed by atoms with Crippen molar-refractivity contribution in [1.82, 2.24) is 0 Å². The Kier molecular flexibility index (Phi) is 4.49. The predicted molar refractivity (Wildman–Crippen MR) is 102 cm³/mol. The van der Waals surface area contributed by atoms with E-state index in [0.717, 1.165) is 30.4 Å². The number of aliphatic hydroxyl groups excluding tert-OH is 1. The quantitative estimate of drug-likeness (QED) is 0.710. The van der Waals surface area contributed by atoms with Gasteiger partial charge in [-0.15, -0.1) is 0 Å². The summed E-state index contributed by atoms with van der Waals surface area (Å²) in [6.45, 7) is 2.10. The highest BCUT2D eigenvalue weighted by Crippen LogP contribution is 2.57. The number of benzene rings is 2. The molecule has 1 fully saturated rings. The minimum Gasteiger partial charge on any atom is -0.508 e. The number of phenols is 1. The van der Waals surface area contributed by atoms with Crippen LogP contribution in [-0.4, -0.2) is 21.4 Å². The number of rotatable bonds is 2. The Balaban J connectivity index is 1.78. The Morgan fingerprint density at radius 1 is 1.19 bits per heavy atom. The van der Waals surface area contributed by atoms with Crippen molar-refractivity contribution in [2.75, 3.05) is 0 Å². The van der Waals surface area contributed by atoms with Crippen molar-refractivity contribution in [3.8, 4) is 5.75 Å². The van der Waals surface area contributed by atoms with Gasteiger partial charge in [0.25, 0.3) is 0 Å². The average Bonchev–Trinajstić information content (AvgIpc) is 2.61. The molecule has 0 aromatic heterocycles. The molecule has 0 spiro atoms. The van der Waals surface area contributed by atoms with Crippen LogP contribution in [-0.2, 0) is 17.4 Å². The summed E-state index contributed by atoms with van der Waals surface area (Å²) in [5, 5.41) is 32.4. The molecule has 2 aliphatic rings. The molecule has 0 amide bonds. The number of hydrogen-bond donors (Lipinski definition) is 3. The van der Waals surface area contributed by atoms with Gasteiger partial charge in [0.1, 0.15) is 17.2 Å². The molecule has 0 unspecified atom stereocenters. The number of aryl methyl sites for hydroxylation is 1. The van der Waals surface area contributed by atoms with E-state index in [1.807, 2.05) is 12.1 Å². The lowest BCUT2D eigenvalue weighted by Crippen LogP contribution is -2.56. The summed E-state index contributed by atoms with van der Waals surface area (Å²) < 4.78 is 13.9. The van der Waals surface area contributed by atoms with E-state index in [2.05, 4.69) is 6.92 Å². The summed E-state index contributed by atoms with van der Waals surface area (Å²) in [5.41, 5.74) is 0.811. The first-order valence-electron chi connectivity index (χ1n) is 9.48. The zero-order valence-electron chi connectivity index (χ0n) is 15.3. The smallest absolute Gasteiger partial charge is 0.125 e. The highest BCUT2D eigenvalue weighted by atomic mass is 35.5. The molecule has 3 N–H and O–H groups in total. The molecule has 5 heteroatoms. The van der Waals surface area contributed by atoms with Gasteiger partial charge in [-0.25, -0.2) is 4.39 Å². The van der Waals surface area contributed by atoms with Crippen molar-refractivity contribution in [1.29, 1.82) is 0 Å². The number of halogens is 2. The fourth-order valence-corrected chi connectivity index (χ4v) is 5.66.